The molecule has 2 heterocycles. The molecule has 0 unspecified atom stereocenters. The van der Waals surface area contributed by atoms with Gasteiger partial charge >= 0.3 is 11.9 Å². The molecule has 0 aliphatic heterocycles. The number of carbonyl (C=O) groups excluding carboxylic acids is 2. The van der Waals surface area contributed by atoms with Crippen molar-refractivity contribution in [3.63, 3.8) is 0 Å². The number of methoxy groups -OCH3 is 2. The number of nitrogens with zero attached hydrogens (tertiary/aromatic N) is 5. The first kappa shape index (κ1) is 39.3. The van der Waals surface area contributed by atoms with Gasteiger partial charge in [0.15, 0.2) is 0 Å². The zero-order valence-electron chi connectivity index (χ0n) is 29.9. The van der Waals surface area contributed by atoms with E-state index in [0.29, 0.717) is 40.2 Å². The second-order valence-corrected chi connectivity index (χ2v) is 16.3. The van der Waals surface area contributed by atoms with Crippen LogP contribution in [0.3, 0.4) is 0 Å². The van der Waals surface area contributed by atoms with Crippen molar-refractivity contribution in [2.75, 3.05) is 65.3 Å². The molecule has 2 aromatic rings. The molecule has 2 aliphatic carbocycles. The number of esters is 2. The topological polar surface area (TPSA) is 89.3 Å². The predicted octanol–water partition coefficient (Wildman–Crippen LogP) is 7.72. The number of ether oxygens (including phenoxy) is 2. The van der Waals surface area contributed by atoms with Gasteiger partial charge in [-0.05, 0) is 134 Å². The molecule has 0 N–H and O–H groups in total. The van der Waals surface area contributed by atoms with Gasteiger partial charge in [-0.3, -0.25) is 0 Å². The third kappa shape index (κ3) is 9.09. The van der Waals surface area contributed by atoms with Crippen molar-refractivity contribution in [2.45, 2.75) is 103 Å². The Morgan fingerprint density at radius 2 is 1.09 bits per heavy atom. The highest BCUT2D eigenvalue weighted by Crippen LogP contribution is 2.42. The number of halogens is 1. The maximum absolute atomic E-state index is 12.0. The van der Waals surface area contributed by atoms with Crippen LogP contribution in [0.2, 0.25) is 0 Å². The van der Waals surface area contributed by atoms with Crippen LogP contribution in [-0.4, -0.2) is 101 Å². The van der Waals surface area contributed by atoms with E-state index < -0.39 is 5.97 Å². The largest absolute Gasteiger partial charge is 0.465 e. The van der Waals surface area contributed by atoms with Gasteiger partial charge in [-0.25, -0.2) is 9.59 Å². The number of anilines is 2. The summed E-state index contributed by atoms with van der Waals surface area (Å²) in [6.07, 6.45) is 9.56. The van der Waals surface area contributed by atoms with Crippen LogP contribution < -0.4 is 9.80 Å². The SMILES string of the molecule is CCN(c1sc(Br)c(C(=O)OC)c1C)C1CCC(N(C)C)CC1.CCN(c1sc(C#N)c(C(=O)OC)c1C)C1CCC(N(C)C)CC1. The molecule has 0 radical (unpaired) electrons. The van der Waals surface area contributed by atoms with Crippen LogP contribution in [0.15, 0.2) is 3.79 Å². The van der Waals surface area contributed by atoms with Gasteiger partial charge in [0.1, 0.15) is 10.9 Å². The Kier molecular flexibility index (Phi) is 15.0. The van der Waals surface area contributed by atoms with Crippen molar-refractivity contribution in [1.29, 1.82) is 5.26 Å². The Morgan fingerprint density at radius 1 is 0.723 bits per heavy atom. The minimum Gasteiger partial charge on any atom is -0.465 e. The van der Waals surface area contributed by atoms with Crippen LogP contribution in [-0.2, 0) is 9.47 Å². The van der Waals surface area contributed by atoms with E-state index in [1.54, 1.807) is 11.3 Å². The van der Waals surface area contributed by atoms with Crippen molar-refractivity contribution < 1.29 is 19.1 Å². The highest BCUT2D eigenvalue weighted by molar-refractivity contribution is 9.11. The summed E-state index contributed by atoms with van der Waals surface area (Å²) in [5.74, 6) is -0.678. The summed E-state index contributed by atoms with van der Waals surface area (Å²) in [6.45, 7) is 10.1. The molecule has 262 valence electrons. The summed E-state index contributed by atoms with van der Waals surface area (Å²) >= 11 is 6.61. The normalized spacial score (nSPS) is 21.1. The first-order chi connectivity index (χ1) is 22.3. The Hall–Kier alpha value is -2.17. The van der Waals surface area contributed by atoms with E-state index in [1.165, 1.54) is 69.1 Å². The molecular formula is C35H54BrN5O4S2. The van der Waals surface area contributed by atoms with Gasteiger partial charge in [0.2, 0.25) is 0 Å². The van der Waals surface area contributed by atoms with E-state index in [4.69, 9.17) is 9.47 Å². The fourth-order valence-electron chi connectivity index (χ4n) is 7.19. The standard InChI is InChI=1S/C18H27N3O2S.C17H27BrN2O2S/c1-6-21(14-9-7-13(8-10-14)20(3)4)17-12(2)16(18(22)23-5)15(11-19)24-17;1-6-20(13-9-7-12(8-10-13)19(3)4)16-11(2)14(15(18)23-16)17(21)22-5/h13-14H,6-10H2,1-5H3;12-13H,6-10H2,1-5H3. The average Bonchev–Trinajstić information content (AvgIpc) is 3.56. The van der Waals surface area contributed by atoms with Crippen LogP contribution in [0.4, 0.5) is 10.0 Å². The summed E-state index contributed by atoms with van der Waals surface area (Å²) < 4.78 is 10.7. The molecule has 2 saturated carbocycles. The van der Waals surface area contributed by atoms with Crippen LogP contribution in [0, 0.1) is 25.2 Å². The maximum atomic E-state index is 12.0. The van der Waals surface area contributed by atoms with E-state index >= 15 is 0 Å². The van der Waals surface area contributed by atoms with Gasteiger partial charge < -0.3 is 29.1 Å². The van der Waals surface area contributed by atoms with E-state index in [2.05, 4.69) is 83.6 Å². The van der Waals surface area contributed by atoms with Crippen LogP contribution in [0.5, 0.6) is 0 Å². The number of hydrogen-bond acceptors (Lipinski definition) is 11. The Bertz CT molecular complexity index is 1390. The molecule has 9 nitrogen and oxygen atoms in total. The molecule has 47 heavy (non-hydrogen) atoms. The number of hydrogen-bond donors (Lipinski definition) is 0. The van der Waals surface area contributed by atoms with Crippen LogP contribution in [0.1, 0.15) is 102 Å². The minimum atomic E-state index is -0.418. The molecular weight excluding hydrogens is 698 g/mol. The van der Waals surface area contributed by atoms with Crippen molar-refractivity contribution in [3.8, 4) is 6.07 Å². The Balaban J connectivity index is 0.000000256. The number of carbonyl (C=O) groups is 2. The molecule has 4 rings (SSSR count). The second-order valence-electron chi connectivity index (χ2n) is 12.9. The van der Waals surface area contributed by atoms with E-state index in [0.717, 1.165) is 45.8 Å². The monoisotopic (exact) mass is 751 g/mol. The Labute approximate surface area is 298 Å². The molecule has 0 saturated heterocycles. The molecule has 0 atom stereocenters. The summed E-state index contributed by atoms with van der Waals surface area (Å²) in [5, 5.41) is 11.6. The fourth-order valence-corrected chi connectivity index (χ4v) is 10.5. The number of rotatable bonds is 10. The van der Waals surface area contributed by atoms with Crippen molar-refractivity contribution in [1.82, 2.24) is 9.80 Å². The van der Waals surface area contributed by atoms with Gasteiger partial charge in [-0.2, -0.15) is 5.26 Å². The molecule has 2 fully saturated rings. The summed E-state index contributed by atoms with van der Waals surface area (Å²) in [6, 6.07) is 4.55. The van der Waals surface area contributed by atoms with Crippen molar-refractivity contribution >= 4 is 60.5 Å². The molecule has 12 heteroatoms. The molecule has 0 aromatic carbocycles. The average molecular weight is 753 g/mol. The zero-order valence-corrected chi connectivity index (χ0v) is 33.2. The smallest absolute Gasteiger partial charge is 0.340 e. The van der Waals surface area contributed by atoms with Gasteiger partial charge in [0.25, 0.3) is 0 Å². The highest BCUT2D eigenvalue weighted by atomic mass is 79.9. The fraction of sp³-hybridized carbons (Fsp3) is 0.686. The lowest BCUT2D eigenvalue weighted by molar-refractivity contribution is 0.0591. The van der Waals surface area contributed by atoms with Crippen LogP contribution >= 0.6 is 38.6 Å². The van der Waals surface area contributed by atoms with E-state index in [1.807, 2.05) is 13.8 Å². The van der Waals surface area contributed by atoms with Crippen molar-refractivity contribution in [2.24, 2.45) is 0 Å². The summed E-state index contributed by atoms with van der Waals surface area (Å²) in [4.78, 5) is 34.0. The second kappa shape index (κ2) is 18.0. The zero-order chi connectivity index (χ0) is 35.0. The van der Waals surface area contributed by atoms with E-state index in [-0.39, 0.29) is 5.97 Å². The quantitative estimate of drug-likeness (QED) is 0.227. The van der Waals surface area contributed by atoms with Crippen molar-refractivity contribution in [3.05, 3.63) is 30.9 Å². The molecule has 0 amide bonds. The summed E-state index contributed by atoms with van der Waals surface area (Å²) in [5.41, 5.74) is 3.01. The number of thiophene rings is 2. The Morgan fingerprint density at radius 3 is 1.45 bits per heavy atom. The number of nitriles is 1. The predicted molar refractivity (Wildman–Crippen MR) is 199 cm³/mol. The minimum absolute atomic E-state index is 0.260. The van der Waals surface area contributed by atoms with E-state index in [9.17, 15) is 14.9 Å². The van der Waals surface area contributed by atoms with Gasteiger partial charge in [-0.15, -0.1) is 22.7 Å². The lowest BCUT2D eigenvalue weighted by Gasteiger charge is -2.39. The lowest BCUT2D eigenvalue weighted by atomic mass is 9.89. The van der Waals surface area contributed by atoms with Gasteiger partial charge in [0.05, 0.1) is 39.1 Å². The molecule has 2 aliphatic rings. The molecule has 0 spiro atoms. The van der Waals surface area contributed by atoms with Gasteiger partial charge in [-0.1, -0.05) is 0 Å². The molecule has 2 aromatic heterocycles. The van der Waals surface area contributed by atoms with Crippen LogP contribution in [0.25, 0.3) is 0 Å². The molecule has 0 bridgehead atoms. The highest BCUT2D eigenvalue weighted by Gasteiger charge is 2.32. The summed E-state index contributed by atoms with van der Waals surface area (Å²) in [7, 11) is 11.4. The first-order valence-electron chi connectivity index (χ1n) is 16.7. The third-order valence-electron chi connectivity index (χ3n) is 9.96. The maximum Gasteiger partial charge on any atom is 0.340 e. The lowest BCUT2D eigenvalue weighted by Crippen LogP contribution is -2.42. The van der Waals surface area contributed by atoms with Gasteiger partial charge in [0, 0.05) is 37.3 Å². The third-order valence-corrected chi connectivity index (χ3v) is 13.2. The first-order valence-corrected chi connectivity index (χ1v) is 19.1.